The maximum absolute atomic E-state index is 13.1. The molecule has 4 rings (SSSR count). The minimum atomic E-state index is -0.469. The summed E-state index contributed by atoms with van der Waals surface area (Å²) in [4.78, 5) is 29.2. The second kappa shape index (κ2) is 9.91. The zero-order valence-electron chi connectivity index (χ0n) is 18.8. The van der Waals surface area contributed by atoms with Crippen LogP contribution in [0.4, 0.5) is 11.4 Å². The third kappa shape index (κ3) is 4.78. The summed E-state index contributed by atoms with van der Waals surface area (Å²) < 4.78 is 10.3. The maximum atomic E-state index is 13.1. The number of benzene rings is 2. The van der Waals surface area contributed by atoms with Crippen molar-refractivity contribution >= 4 is 28.2 Å². The lowest BCUT2D eigenvalue weighted by molar-refractivity contribution is -0.384. The van der Waals surface area contributed by atoms with Gasteiger partial charge in [0.1, 0.15) is 11.4 Å². The number of amides is 1. The van der Waals surface area contributed by atoms with Gasteiger partial charge in [0.05, 0.1) is 18.6 Å². The normalized spacial score (nSPS) is 14.4. The number of H-pyrrole nitrogens is 1. The lowest BCUT2D eigenvalue weighted by atomic mass is 9.89. The monoisotopic (exact) mass is 452 g/mol. The number of fused-ring (bicyclic) bond motifs is 1. The number of carbonyl (C=O) groups excluding carboxylic acids is 1. The highest BCUT2D eigenvalue weighted by atomic mass is 16.6. The van der Waals surface area contributed by atoms with Crippen LogP contribution in [0, 0.1) is 10.1 Å². The van der Waals surface area contributed by atoms with E-state index in [0.29, 0.717) is 43.4 Å². The number of nitro benzene ring substituents is 1. The molecule has 9 heteroatoms. The van der Waals surface area contributed by atoms with E-state index >= 15 is 0 Å². The number of methoxy groups -OCH3 is 2. The maximum Gasteiger partial charge on any atom is 0.293 e. The number of nitrogens with zero attached hydrogens (tertiary/aromatic N) is 2. The van der Waals surface area contributed by atoms with E-state index in [1.807, 2.05) is 24.4 Å². The van der Waals surface area contributed by atoms with Crippen molar-refractivity contribution in [2.75, 3.05) is 45.8 Å². The van der Waals surface area contributed by atoms with E-state index in [1.54, 1.807) is 31.3 Å². The fraction of sp³-hybridized carbons (Fsp3) is 0.375. The Hall–Kier alpha value is -3.59. The fourth-order valence-corrected chi connectivity index (χ4v) is 4.42. The molecule has 1 aliphatic heterocycles. The minimum Gasteiger partial charge on any atom is -0.497 e. The van der Waals surface area contributed by atoms with Crippen LogP contribution in [0.1, 0.15) is 34.7 Å². The molecule has 1 aromatic heterocycles. The van der Waals surface area contributed by atoms with E-state index in [-0.39, 0.29) is 11.6 Å². The highest BCUT2D eigenvalue weighted by molar-refractivity contribution is 5.96. The Balaban J connectivity index is 1.45. The van der Waals surface area contributed by atoms with E-state index in [2.05, 4.69) is 10.3 Å². The first-order chi connectivity index (χ1) is 16.0. The van der Waals surface area contributed by atoms with E-state index in [0.717, 1.165) is 29.5 Å². The number of nitro groups is 1. The van der Waals surface area contributed by atoms with Crippen molar-refractivity contribution in [1.82, 2.24) is 9.88 Å². The van der Waals surface area contributed by atoms with E-state index in [1.165, 1.54) is 11.6 Å². The Labute approximate surface area is 191 Å². The summed E-state index contributed by atoms with van der Waals surface area (Å²) in [6.45, 7) is 2.07. The Morgan fingerprint density at radius 3 is 2.70 bits per heavy atom. The Morgan fingerprint density at radius 2 is 2.00 bits per heavy atom. The van der Waals surface area contributed by atoms with Gasteiger partial charge in [-0.2, -0.15) is 0 Å². The highest BCUT2D eigenvalue weighted by Gasteiger charge is 2.27. The summed E-state index contributed by atoms with van der Waals surface area (Å²) in [6, 6.07) is 10.6. The molecule has 9 nitrogen and oxygen atoms in total. The molecule has 0 spiro atoms. The molecule has 3 aromatic rings. The molecule has 1 aliphatic rings. The fourth-order valence-electron chi connectivity index (χ4n) is 4.42. The summed E-state index contributed by atoms with van der Waals surface area (Å²) in [5.74, 6) is 0.968. The average molecular weight is 453 g/mol. The van der Waals surface area contributed by atoms with E-state index < -0.39 is 4.92 Å². The van der Waals surface area contributed by atoms with Crippen LogP contribution < -0.4 is 10.1 Å². The van der Waals surface area contributed by atoms with Crippen LogP contribution in [-0.2, 0) is 4.74 Å². The van der Waals surface area contributed by atoms with Gasteiger partial charge in [0, 0.05) is 55.5 Å². The van der Waals surface area contributed by atoms with E-state index in [4.69, 9.17) is 9.47 Å². The number of aromatic amines is 1. The molecule has 0 aliphatic carbocycles. The second-order valence-corrected chi connectivity index (χ2v) is 8.13. The minimum absolute atomic E-state index is 0.112. The summed E-state index contributed by atoms with van der Waals surface area (Å²) in [7, 11) is 3.22. The molecule has 1 fully saturated rings. The lowest BCUT2D eigenvalue weighted by Crippen LogP contribution is -2.37. The molecule has 0 atom stereocenters. The molecule has 174 valence electrons. The largest absolute Gasteiger partial charge is 0.497 e. The number of nitrogens with one attached hydrogen (secondary N) is 2. The third-order valence-electron chi connectivity index (χ3n) is 6.21. The average Bonchev–Trinajstić information content (AvgIpc) is 3.27. The predicted octanol–water partition coefficient (Wildman–Crippen LogP) is 4.16. The summed E-state index contributed by atoms with van der Waals surface area (Å²) >= 11 is 0. The molecule has 1 saturated heterocycles. The van der Waals surface area contributed by atoms with E-state index in [9.17, 15) is 14.9 Å². The number of rotatable bonds is 8. The van der Waals surface area contributed by atoms with Crippen LogP contribution in [0.5, 0.6) is 5.75 Å². The van der Waals surface area contributed by atoms with Gasteiger partial charge in [0.15, 0.2) is 0 Å². The van der Waals surface area contributed by atoms with Gasteiger partial charge in [-0.3, -0.25) is 14.9 Å². The van der Waals surface area contributed by atoms with Gasteiger partial charge in [-0.05, 0) is 54.7 Å². The molecular formula is C24H28N4O5. The van der Waals surface area contributed by atoms with Gasteiger partial charge in [0.2, 0.25) is 0 Å². The Kier molecular flexibility index (Phi) is 6.79. The summed E-state index contributed by atoms with van der Waals surface area (Å²) in [6.07, 6.45) is 3.70. The molecule has 2 aromatic carbocycles. The van der Waals surface area contributed by atoms with Gasteiger partial charge in [-0.25, -0.2) is 0 Å². The van der Waals surface area contributed by atoms with Gasteiger partial charge < -0.3 is 24.7 Å². The first-order valence-electron chi connectivity index (χ1n) is 11.0. The molecule has 0 radical (unpaired) electrons. The van der Waals surface area contributed by atoms with Crippen LogP contribution in [0.3, 0.4) is 0 Å². The number of hydrogen-bond donors (Lipinski definition) is 2. The number of anilines is 1. The molecule has 2 N–H and O–H groups in total. The van der Waals surface area contributed by atoms with Gasteiger partial charge in [0.25, 0.3) is 11.6 Å². The first kappa shape index (κ1) is 22.6. The standard InChI is InChI=1S/C24H28N4O5/c1-32-12-9-25-22-5-3-17(13-23(22)28(30)31)24(29)27-10-7-16(8-11-27)20-15-26-21-6-4-18(33-2)14-19(20)21/h3-6,13-16,25-26H,7-12H2,1-2H3. The Bertz CT molecular complexity index is 1150. The number of ether oxygens (including phenoxy) is 2. The van der Waals surface area contributed by atoms with Crippen molar-refractivity contribution in [3.8, 4) is 5.75 Å². The number of hydrogen-bond acceptors (Lipinski definition) is 6. The van der Waals surface area contributed by atoms with Gasteiger partial charge in [-0.15, -0.1) is 0 Å². The van der Waals surface area contributed by atoms with Crippen LogP contribution in [0.2, 0.25) is 0 Å². The summed E-state index contributed by atoms with van der Waals surface area (Å²) in [5, 5.41) is 15.7. The molecule has 0 saturated carbocycles. The first-order valence-corrected chi connectivity index (χ1v) is 11.0. The smallest absolute Gasteiger partial charge is 0.293 e. The molecular weight excluding hydrogens is 424 g/mol. The SMILES string of the molecule is COCCNc1ccc(C(=O)N2CCC(c3c[nH]c4ccc(OC)cc34)CC2)cc1[N+](=O)[O-]. The topological polar surface area (TPSA) is 110 Å². The number of carbonyl (C=O) groups is 1. The summed E-state index contributed by atoms with van der Waals surface area (Å²) in [5.41, 5.74) is 2.89. The zero-order chi connectivity index (χ0) is 23.4. The third-order valence-corrected chi connectivity index (χ3v) is 6.21. The molecule has 0 bridgehead atoms. The lowest BCUT2D eigenvalue weighted by Gasteiger charge is -2.32. The quantitative estimate of drug-likeness (QED) is 0.302. The van der Waals surface area contributed by atoms with Crippen molar-refractivity contribution in [1.29, 1.82) is 0 Å². The van der Waals surface area contributed by atoms with Crippen molar-refractivity contribution in [3.05, 3.63) is 63.8 Å². The molecule has 1 amide bonds. The predicted molar refractivity (Wildman–Crippen MR) is 126 cm³/mol. The second-order valence-electron chi connectivity index (χ2n) is 8.13. The number of piperidine rings is 1. The van der Waals surface area contributed by atoms with Gasteiger partial charge in [-0.1, -0.05) is 0 Å². The van der Waals surface area contributed by atoms with Gasteiger partial charge >= 0.3 is 0 Å². The van der Waals surface area contributed by atoms with Crippen LogP contribution in [0.15, 0.2) is 42.6 Å². The molecule has 0 unspecified atom stereocenters. The van der Waals surface area contributed by atoms with Crippen LogP contribution in [-0.4, -0.2) is 61.2 Å². The highest BCUT2D eigenvalue weighted by Crippen LogP contribution is 2.35. The number of aromatic nitrogens is 1. The van der Waals surface area contributed by atoms with Crippen LogP contribution >= 0.6 is 0 Å². The van der Waals surface area contributed by atoms with Crippen molar-refractivity contribution in [2.45, 2.75) is 18.8 Å². The van der Waals surface area contributed by atoms with Crippen molar-refractivity contribution in [2.24, 2.45) is 0 Å². The number of likely N-dealkylation sites (tertiary alicyclic amines) is 1. The zero-order valence-corrected chi connectivity index (χ0v) is 18.8. The van der Waals surface area contributed by atoms with Crippen molar-refractivity contribution in [3.63, 3.8) is 0 Å². The Morgan fingerprint density at radius 1 is 1.21 bits per heavy atom. The van der Waals surface area contributed by atoms with Crippen LogP contribution in [0.25, 0.3) is 10.9 Å². The molecule has 33 heavy (non-hydrogen) atoms. The molecule has 2 heterocycles. The van der Waals surface area contributed by atoms with Crippen molar-refractivity contribution < 1.29 is 19.2 Å².